The number of amides is 1. The van der Waals surface area contributed by atoms with E-state index in [9.17, 15) is 9.18 Å². The van der Waals surface area contributed by atoms with Crippen LogP contribution in [0.15, 0.2) is 72.9 Å². The van der Waals surface area contributed by atoms with E-state index in [1.54, 1.807) is 11.0 Å². The van der Waals surface area contributed by atoms with Gasteiger partial charge in [-0.2, -0.15) is 4.39 Å². The van der Waals surface area contributed by atoms with E-state index in [2.05, 4.69) is 11.1 Å². The molecule has 1 aliphatic rings. The number of hydrogen-bond donors (Lipinski definition) is 0. The van der Waals surface area contributed by atoms with Gasteiger partial charge in [-0.1, -0.05) is 54.1 Å². The van der Waals surface area contributed by atoms with Crippen LogP contribution in [-0.4, -0.2) is 38.6 Å². The number of aromatic nitrogens is 3. The summed E-state index contributed by atoms with van der Waals surface area (Å²) in [6.45, 7) is 3.33. The highest BCUT2D eigenvalue weighted by molar-refractivity contribution is 5.79. The van der Waals surface area contributed by atoms with Crippen LogP contribution < -0.4 is 0 Å². The van der Waals surface area contributed by atoms with Crippen LogP contribution in [0.25, 0.3) is 22.5 Å². The second kappa shape index (κ2) is 9.09. The highest BCUT2D eigenvalue weighted by atomic mass is 19.1. The summed E-state index contributed by atoms with van der Waals surface area (Å²) in [4.78, 5) is 22.8. The third kappa shape index (κ3) is 4.29. The van der Waals surface area contributed by atoms with Crippen LogP contribution >= 0.6 is 0 Å². The zero-order valence-electron chi connectivity index (χ0n) is 19.1. The second-order valence-corrected chi connectivity index (χ2v) is 8.61. The van der Waals surface area contributed by atoms with Crippen molar-refractivity contribution in [1.29, 1.82) is 0 Å². The summed E-state index contributed by atoms with van der Waals surface area (Å²) in [6, 6.07) is 20.9. The predicted octanol–water partition coefficient (Wildman–Crippen LogP) is 5.33. The molecule has 0 spiro atoms. The van der Waals surface area contributed by atoms with Gasteiger partial charge in [0, 0.05) is 43.5 Å². The monoisotopic (exact) mass is 456 g/mol. The number of nitrogens with zero attached hydrogens (tertiary/aromatic N) is 4. The van der Waals surface area contributed by atoms with E-state index >= 15 is 0 Å². The third-order valence-electron chi connectivity index (χ3n) is 6.13. The molecule has 1 aliphatic heterocycles. The van der Waals surface area contributed by atoms with Gasteiger partial charge >= 0.3 is 6.09 Å². The SMILES string of the molecule is Cc1cccc(-c2nc(C3CN(C(=O)OCc4ccccc4)C3)n(C)c2-c2ccnc(F)c2)c1. The van der Waals surface area contributed by atoms with Crippen molar-refractivity contribution in [1.82, 2.24) is 19.4 Å². The summed E-state index contributed by atoms with van der Waals surface area (Å²) in [5, 5.41) is 0. The Hall–Kier alpha value is -4.00. The van der Waals surface area contributed by atoms with Gasteiger partial charge in [0.2, 0.25) is 5.95 Å². The van der Waals surface area contributed by atoms with Gasteiger partial charge in [-0.25, -0.2) is 14.8 Å². The van der Waals surface area contributed by atoms with E-state index in [4.69, 9.17) is 9.72 Å². The average molecular weight is 457 g/mol. The van der Waals surface area contributed by atoms with Gasteiger partial charge < -0.3 is 14.2 Å². The lowest BCUT2D eigenvalue weighted by atomic mass is 10.00. The molecule has 0 unspecified atom stereocenters. The Kier molecular flexibility index (Phi) is 5.84. The maximum atomic E-state index is 14.0. The van der Waals surface area contributed by atoms with Crippen molar-refractivity contribution in [3.8, 4) is 22.5 Å². The summed E-state index contributed by atoms with van der Waals surface area (Å²) >= 11 is 0. The average Bonchev–Trinajstić information content (AvgIpc) is 3.14. The van der Waals surface area contributed by atoms with Gasteiger partial charge in [-0.15, -0.1) is 0 Å². The van der Waals surface area contributed by atoms with Crippen molar-refractivity contribution in [3.05, 3.63) is 95.8 Å². The molecule has 0 N–H and O–H groups in total. The van der Waals surface area contributed by atoms with Crippen LogP contribution in [-0.2, 0) is 18.4 Å². The van der Waals surface area contributed by atoms with E-state index in [1.165, 1.54) is 12.3 Å². The molecule has 34 heavy (non-hydrogen) atoms. The van der Waals surface area contributed by atoms with Gasteiger partial charge in [0.05, 0.1) is 17.3 Å². The van der Waals surface area contributed by atoms with E-state index < -0.39 is 5.95 Å². The number of carbonyl (C=O) groups excluding carboxylic acids is 1. The minimum atomic E-state index is -0.536. The number of rotatable bonds is 5. The largest absolute Gasteiger partial charge is 0.445 e. The lowest BCUT2D eigenvalue weighted by Crippen LogP contribution is -2.49. The summed E-state index contributed by atoms with van der Waals surface area (Å²) < 4.78 is 21.4. The lowest BCUT2D eigenvalue weighted by molar-refractivity contribution is 0.0646. The number of ether oxygens (including phenoxy) is 1. The van der Waals surface area contributed by atoms with Crippen LogP contribution in [0.3, 0.4) is 0 Å². The van der Waals surface area contributed by atoms with Gasteiger partial charge in [-0.3, -0.25) is 0 Å². The molecular weight excluding hydrogens is 431 g/mol. The number of imidazole rings is 1. The Bertz CT molecular complexity index is 1330. The number of hydrogen-bond acceptors (Lipinski definition) is 4. The highest BCUT2D eigenvalue weighted by Crippen LogP contribution is 2.37. The predicted molar refractivity (Wildman–Crippen MR) is 128 cm³/mol. The number of carbonyl (C=O) groups is 1. The molecule has 2 aromatic carbocycles. The maximum Gasteiger partial charge on any atom is 0.410 e. The topological polar surface area (TPSA) is 60.3 Å². The van der Waals surface area contributed by atoms with Crippen LogP contribution in [0.2, 0.25) is 0 Å². The van der Waals surface area contributed by atoms with E-state index in [1.807, 2.05) is 67.1 Å². The molecule has 3 heterocycles. The molecule has 0 radical (unpaired) electrons. The van der Waals surface area contributed by atoms with Crippen LogP contribution in [0.5, 0.6) is 0 Å². The third-order valence-corrected chi connectivity index (χ3v) is 6.13. The quantitative estimate of drug-likeness (QED) is 0.381. The molecule has 7 heteroatoms. The minimum Gasteiger partial charge on any atom is -0.445 e. The van der Waals surface area contributed by atoms with Gasteiger partial charge in [-0.05, 0) is 24.6 Å². The first kappa shape index (κ1) is 21.8. The molecule has 172 valence electrons. The Balaban J connectivity index is 1.39. The molecule has 5 rings (SSSR count). The molecule has 0 bridgehead atoms. The number of likely N-dealkylation sites (tertiary alicyclic amines) is 1. The maximum absolute atomic E-state index is 14.0. The Morgan fingerprint density at radius 2 is 1.85 bits per heavy atom. The smallest absolute Gasteiger partial charge is 0.410 e. The van der Waals surface area contributed by atoms with Crippen molar-refractivity contribution in [2.24, 2.45) is 7.05 Å². The second-order valence-electron chi connectivity index (χ2n) is 8.61. The van der Waals surface area contributed by atoms with Crippen LogP contribution in [0.4, 0.5) is 9.18 Å². The molecule has 1 saturated heterocycles. The normalized spacial score (nSPS) is 13.6. The number of benzene rings is 2. The number of aryl methyl sites for hydroxylation is 1. The number of halogens is 1. The van der Waals surface area contributed by atoms with Gasteiger partial charge in [0.1, 0.15) is 12.4 Å². The fourth-order valence-corrected chi connectivity index (χ4v) is 4.36. The molecule has 1 fully saturated rings. The van der Waals surface area contributed by atoms with E-state index in [0.29, 0.717) is 18.7 Å². The fourth-order valence-electron chi connectivity index (χ4n) is 4.36. The standard InChI is InChI=1S/C27H25FN4O2/c1-18-7-6-10-20(13-18)24-25(21-11-12-29-23(28)14-21)31(2)26(30-24)22-15-32(16-22)27(33)34-17-19-8-4-3-5-9-19/h3-14,22H,15-17H2,1-2H3. The summed E-state index contributed by atoms with van der Waals surface area (Å²) in [5.41, 5.74) is 5.36. The summed E-state index contributed by atoms with van der Waals surface area (Å²) in [5.74, 6) is 0.389. The molecule has 0 atom stereocenters. The van der Waals surface area contributed by atoms with Crippen molar-refractivity contribution < 1.29 is 13.9 Å². The molecular formula is C27H25FN4O2. The first-order valence-electron chi connectivity index (χ1n) is 11.2. The van der Waals surface area contributed by atoms with E-state index in [0.717, 1.165) is 33.9 Å². The first-order chi connectivity index (χ1) is 16.5. The first-order valence-corrected chi connectivity index (χ1v) is 11.2. The van der Waals surface area contributed by atoms with Crippen molar-refractivity contribution >= 4 is 6.09 Å². The highest BCUT2D eigenvalue weighted by Gasteiger charge is 2.36. The Morgan fingerprint density at radius 3 is 2.59 bits per heavy atom. The molecule has 1 amide bonds. The summed E-state index contributed by atoms with van der Waals surface area (Å²) in [7, 11) is 1.94. The van der Waals surface area contributed by atoms with Crippen LogP contribution in [0, 0.1) is 12.9 Å². The molecule has 4 aromatic rings. The van der Waals surface area contributed by atoms with Crippen molar-refractivity contribution in [3.63, 3.8) is 0 Å². The fraction of sp³-hybridized carbons (Fsp3) is 0.222. The van der Waals surface area contributed by atoms with Gasteiger partial charge in [0.15, 0.2) is 0 Å². The summed E-state index contributed by atoms with van der Waals surface area (Å²) in [6.07, 6.45) is 1.13. The molecule has 0 saturated carbocycles. The molecule has 6 nitrogen and oxygen atoms in total. The minimum absolute atomic E-state index is 0.0678. The molecule has 0 aliphatic carbocycles. The molecule has 2 aromatic heterocycles. The Morgan fingerprint density at radius 1 is 1.06 bits per heavy atom. The number of pyridine rings is 1. The van der Waals surface area contributed by atoms with E-state index in [-0.39, 0.29) is 18.6 Å². The van der Waals surface area contributed by atoms with Crippen molar-refractivity contribution in [2.45, 2.75) is 19.4 Å². The Labute approximate surface area is 197 Å². The van der Waals surface area contributed by atoms with Gasteiger partial charge in [0.25, 0.3) is 0 Å². The zero-order valence-corrected chi connectivity index (χ0v) is 19.1. The van der Waals surface area contributed by atoms with Crippen LogP contribution in [0.1, 0.15) is 22.9 Å². The lowest BCUT2D eigenvalue weighted by Gasteiger charge is -2.37. The van der Waals surface area contributed by atoms with Crippen molar-refractivity contribution in [2.75, 3.05) is 13.1 Å². The zero-order chi connectivity index (χ0) is 23.7.